The number of unbranched alkanes of at least 4 members (excludes halogenated alkanes) is 1. The largest absolute Gasteiger partial charge is 0.526 e. The van der Waals surface area contributed by atoms with E-state index < -0.39 is 48.2 Å². The molecule has 1 heterocycles. The molecule has 2 amide bonds. The number of likely N-dealkylation sites (tertiary alicyclic amines) is 1. The van der Waals surface area contributed by atoms with Gasteiger partial charge >= 0.3 is 18.0 Å². The normalized spacial score (nSPS) is 22.4. The lowest BCUT2D eigenvalue weighted by atomic mass is 9.98. The topological polar surface area (TPSA) is 107 Å². The van der Waals surface area contributed by atoms with Crippen LogP contribution in [-0.2, 0) is 30.0 Å². The third-order valence-corrected chi connectivity index (χ3v) is 7.87. The Kier molecular flexibility index (Phi) is 9.41. The van der Waals surface area contributed by atoms with Crippen molar-refractivity contribution in [3.8, 4) is 0 Å². The van der Waals surface area contributed by atoms with E-state index in [2.05, 4.69) is 0 Å². The Bertz CT molecular complexity index is 881. The second-order valence-electron chi connectivity index (χ2n) is 9.86. The number of hydrogen-bond acceptors (Lipinski definition) is 6. The summed E-state index contributed by atoms with van der Waals surface area (Å²) < 4.78 is 22.3. The molecule has 8 nitrogen and oxygen atoms in total. The zero-order valence-electron chi connectivity index (χ0n) is 20.1. The van der Waals surface area contributed by atoms with Crippen LogP contribution in [0.1, 0.15) is 58.9 Å². The minimum Gasteiger partial charge on any atom is -0.427 e. The van der Waals surface area contributed by atoms with Gasteiger partial charge in [-0.1, -0.05) is 30.3 Å². The van der Waals surface area contributed by atoms with Gasteiger partial charge in [-0.05, 0) is 52.5 Å². The highest BCUT2D eigenvalue weighted by Gasteiger charge is 2.55. The lowest BCUT2D eigenvalue weighted by Gasteiger charge is -2.32. The molecule has 2 rings (SSSR count). The number of imide groups is 1. The van der Waals surface area contributed by atoms with Gasteiger partial charge in [-0.25, -0.2) is 4.79 Å². The average Bonchev–Trinajstić information content (AvgIpc) is 3.13. The summed E-state index contributed by atoms with van der Waals surface area (Å²) in [6, 6.07) is 9.49. The van der Waals surface area contributed by atoms with E-state index in [-0.39, 0.29) is 18.7 Å². The zero-order chi connectivity index (χ0) is 24.7. The molecule has 3 atom stereocenters. The van der Waals surface area contributed by atoms with Crippen LogP contribution in [0, 0.1) is 5.41 Å². The molecule has 1 unspecified atom stereocenters. The summed E-state index contributed by atoms with van der Waals surface area (Å²) in [4.78, 5) is 48.5. The van der Waals surface area contributed by atoms with Crippen molar-refractivity contribution in [2.45, 2.75) is 65.8 Å². The third-order valence-electron chi connectivity index (χ3n) is 6.09. The van der Waals surface area contributed by atoms with Crippen LogP contribution in [0.25, 0.3) is 0 Å². The fourth-order valence-electron chi connectivity index (χ4n) is 4.03. The van der Waals surface area contributed by atoms with Crippen LogP contribution < -0.4 is 0 Å². The average molecular weight is 483 g/mol. The van der Waals surface area contributed by atoms with Gasteiger partial charge in [0.1, 0.15) is 12.2 Å². The van der Waals surface area contributed by atoms with Crippen molar-refractivity contribution in [2.24, 2.45) is 5.41 Å². The van der Waals surface area contributed by atoms with Crippen molar-refractivity contribution >= 4 is 25.3 Å². The molecule has 9 heteroatoms. The number of carbonyl (C=O) groups is 3. The van der Waals surface area contributed by atoms with Crippen molar-refractivity contribution in [3.05, 3.63) is 35.9 Å². The molecule has 1 aromatic rings. The number of ether oxygens (including phenoxy) is 2. The number of nitrogens with zero attached hydrogens (tertiary/aromatic N) is 1. The van der Waals surface area contributed by atoms with Crippen LogP contribution in [-0.4, -0.2) is 59.0 Å². The number of rotatable bonds is 9. The van der Waals surface area contributed by atoms with E-state index in [1.807, 2.05) is 30.3 Å². The Morgan fingerprint density at radius 3 is 2.36 bits per heavy atom. The monoisotopic (exact) mass is 482 g/mol. The first-order chi connectivity index (χ1) is 15.4. The van der Waals surface area contributed by atoms with Crippen molar-refractivity contribution < 1.29 is 37.8 Å². The molecule has 1 aliphatic rings. The second kappa shape index (κ2) is 11.4. The van der Waals surface area contributed by atoms with Gasteiger partial charge in [-0.3, -0.25) is 9.36 Å². The molecule has 33 heavy (non-hydrogen) atoms. The Hall–Kier alpha value is -2.02. The summed E-state index contributed by atoms with van der Waals surface area (Å²) in [6.07, 6.45) is 1.91. The smallest absolute Gasteiger partial charge is 0.427 e. The molecule has 0 aromatic heterocycles. The van der Waals surface area contributed by atoms with E-state index in [0.29, 0.717) is 19.3 Å². The summed E-state index contributed by atoms with van der Waals surface area (Å²) in [6.45, 7) is 6.41. The zero-order valence-corrected chi connectivity index (χ0v) is 21.0. The fourth-order valence-corrected chi connectivity index (χ4v) is 5.59. The van der Waals surface area contributed by atoms with Gasteiger partial charge in [0.15, 0.2) is 0 Å². The van der Waals surface area contributed by atoms with Crippen LogP contribution in [0.15, 0.2) is 30.3 Å². The number of quaternary nitrogens is 1. The standard InChI is InChI=1S/C24H36NO7P/c1-19-11-10-15-25(19,23(28)32-18-31-22(27)24(2,3)4)21(26)17-33(29,30)16-9-8-14-20-12-6-5-7-13-20/h5-7,12-13,19H,8-11,14-18H2,1-4H3/p+1/t19-,25+/m1/s1. The molecule has 0 saturated carbocycles. The van der Waals surface area contributed by atoms with E-state index in [9.17, 15) is 23.8 Å². The Morgan fingerprint density at radius 2 is 1.79 bits per heavy atom. The van der Waals surface area contributed by atoms with Crippen LogP contribution in [0.2, 0.25) is 0 Å². The predicted molar refractivity (Wildman–Crippen MR) is 125 cm³/mol. The third kappa shape index (κ3) is 7.49. The van der Waals surface area contributed by atoms with E-state index in [1.165, 1.54) is 0 Å². The molecule has 1 aromatic carbocycles. The number of benzene rings is 1. The molecule has 0 radical (unpaired) electrons. The summed E-state index contributed by atoms with van der Waals surface area (Å²) in [7, 11) is -3.75. The molecular formula is C24H37NO7P+. The molecule has 0 spiro atoms. The van der Waals surface area contributed by atoms with Gasteiger partial charge < -0.3 is 14.4 Å². The fraction of sp³-hybridized carbons (Fsp3) is 0.625. The van der Waals surface area contributed by atoms with Gasteiger partial charge in [0.25, 0.3) is 0 Å². The van der Waals surface area contributed by atoms with Gasteiger partial charge in [0, 0.05) is 19.0 Å². The molecule has 1 saturated heterocycles. The number of esters is 1. The first-order valence-electron chi connectivity index (χ1n) is 11.5. The maximum atomic E-state index is 13.2. The van der Waals surface area contributed by atoms with E-state index in [4.69, 9.17) is 9.47 Å². The number of amides is 2. The maximum Gasteiger partial charge on any atom is 0.526 e. The molecule has 1 fully saturated rings. The summed E-state index contributed by atoms with van der Waals surface area (Å²) in [5, 5.41) is 0. The summed E-state index contributed by atoms with van der Waals surface area (Å²) in [5.41, 5.74) is 0.408. The van der Waals surface area contributed by atoms with Crippen LogP contribution in [0.5, 0.6) is 0 Å². The summed E-state index contributed by atoms with van der Waals surface area (Å²) >= 11 is 0. The van der Waals surface area contributed by atoms with Crippen molar-refractivity contribution in [3.63, 3.8) is 0 Å². The van der Waals surface area contributed by atoms with Gasteiger partial charge in [-0.15, -0.1) is 0 Å². The SMILES string of the molecule is C[C@@H]1CCC[N@+]1(C(=O)CP(=O)(O)CCCCc1ccccc1)C(=O)OCOC(=O)C(C)(C)C. The Balaban J connectivity index is 1.94. The molecule has 1 aliphatic heterocycles. The first-order valence-corrected chi connectivity index (χ1v) is 13.5. The number of aryl methyl sites for hydroxylation is 1. The lowest BCUT2D eigenvalue weighted by molar-refractivity contribution is -0.792. The Morgan fingerprint density at radius 1 is 1.12 bits per heavy atom. The highest BCUT2D eigenvalue weighted by molar-refractivity contribution is 7.58. The maximum absolute atomic E-state index is 13.2. The number of carbonyl (C=O) groups excluding carboxylic acids is 3. The first kappa shape index (κ1) is 27.2. The highest BCUT2D eigenvalue weighted by atomic mass is 31.2. The van der Waals surface area contributed by atoms with E-state index in [1.54, 1.807) is 27.7 Å². The molecular weight excluding hydrogens is 445 g/mol. The van der Waals surface area contributed by atoms with Crippen LogP contribution in [0.4, 0.5) is 4.79 Å². The lowest BCUT2D eigenvalue weighted by Crippen LogP contribution is -2.60. The quantitative estimate of drug-likeness (QED) is 0.182. The van der Waals surface area contributed by atoms with Gasteiger partial charge in [0.05, 0.1) is 12.0 Å². The van der Waals surface area contributed by atoms with Crippen LogP contribution >= 0.6 is 7.37 Å². The van der Waals surface area contributed by atoms with E-state index in [0.717, 1.165) is 18.4 Å². The van der Waals surface area contributed by atoms with Crippen molar-refractivity contribution in [2.75, 3.05) is 25.7 Å². The molecule has 1 N–H and O–H groups in total. The van der Waals surface area contributed by atoms with E-state index >= 15 is 0 Å². The molecule has 0 aliphatic carbocycles. The van der Waals surface area contributed by atoms with Gasteiger partial charge in [0.2, 0.25) is 14.2 Å². The Labute approximate surface area is 196 Å². The molecule has 184 valence electrons. The van der Waals surface area contributed by atoms with Gasteiger partial charge in [-0.2, -0.15) is 9.28 Å². The second-order valence-corrected chi connectivity index (χ2v) is 12.3. The minimum absolute atomic E-state index is 0.0260. The highest BCUT2D eigenvalue weighted by Crippen LogP contribution is 2.43. The van der Waals surface area contributed by atoms with Crippen molar-refractivity contribution in [1.29, 1.82) is 0 Å². The van der Waals surface area contributed by atoms with Crippen LogP contribution in [0.3, 0.4) is 0 Å². The summed E-state index contributed by atoms with van der Waals surface area (Å²) in [5.74, 6) is -1.14. The number of hydrogen-bond donors (Lipinski definition) is 1. The van der Waals surface area contributed by atoms with Crippen molar-refractivity contribution in [1.82, 2.24) is 0 Å². The molecule has 0 bridgehead atoms. The predicted octanol–water partition coefficient (Wildman–Crippen LogP) is 4.49. The minimum atomic E-state index is -3.75.